The van der Waals surface area contributed by atoms with Gasteiger partial charge in [-0.05, 0) is 38.1 Å². The summed E-state index contributed by atoms with van der Waals surface area (Å²) in [6, 6.07) is 8.28. The number of nitrogens with zero attached hydrogens (tertiary/aromatic N) is 1. The second kappa shape index (κ2) is 6.18. The van der Waals surface area contributed by atoms with Gasteiger partial charge in [-0.3, -0.25) is 0 Å². The lowest BCUT2D eigenvalue weighted by atomic mass is 10.0. The maximum Gasteiger partial charge on any atom is 0.0939 e. The maximum atomic E-state index is 10.2. The highest BCUT2D eigenvalue weighted by atomic mass is 32.1. The molecule has 1 aromatic carbocycles. The van der Waals surface area contributed by atoms with Crippen LogP contribution in [0.5, 0.6) is 0 Å². The highest BCUT2D eigenvalue weighted by Crippen LogP contribution is 2.22. The van der Waals surface area contributed by atoms with Gasteiger partial charge in [0.1, 0.15) is 0 Å². The zero-order chi connectivity index (χ0) is 13.8. The fourth-order valence-corrected chi connectivity index (χ4v) is 3.60. The molecular formula is C15H21N3OS. The molecule has 3 rings (SSSR count). The lowest BCUT2D eigenvalue weighted by Crippen LogP contribution is -2.42. The van der Waals surface area contributed by atoms with E-state index in [9.17, 15) is 5.11 Å². The van der Waals surface area contributed by atoms with E-state index in [1.807, 2.05) is 6.07 Å². The zero-order valence-corrected chi connectivity index (χ0v) is 12.4. The molecule has 0 spiro atoms. The van der Waals surface area contributed by atoms with E-state index in [2.05, 4.69) is 33.8 Å². The minimum absolute atomic E-state index is 0.546. The van der Waals surface area contributed by atoms with Crippen molar-refractivity contribution in [3.63, 3.8) is 0 Å². The van der Waals surface area contributed by atoms with Gasteiger partial charge in [0.25, 0.3) is 0 Å². The van der Waals surface area contributed by atoms with Crippen molar-refractivity contribution in [1.29, 1.82) is 0 Å². The fourth-order valence-electron chi connectivity index (χ4n) is 2.59. The van der Waals surface area contributed by atoms with E-state index in [0.717, 1.165) is 37.9 Å². The summed E-state index contributed by atoms with van der Waals surface area (Å²) in [6.07, 6.45) is 2.91. The number of hydrogen-bond acceptors (Lipinski definition) is 5. The summed E-state index contributed by atoms with van der Waals surface area (Å²) in [5.41, 5.74) is 0.558. The van der Waals surface area contributed by atoms with Gasteiger partial charge in [0.2, 0.25) is 0 Å². The van der Waals surface area contributed by atoms with Crippen molar-refractivity contribution in [2.45, 2.75) is 24.9 Å². The summed E-state index contributed by atoms with van der Waals surface area (Å²) < 4.78 is 1.27. The molecule has 1 saturated heterocycles. The predicted octanol–water partition coefficient (Wildman–Crippen LogP) is 1.54. The van der Waals surface area contributed by atoms with Gasteiger partial charge in [-0.1, -0.05) is 12.1 Å². The van der Waals surface area contributed by atoms with Gasteiger partial charge in [-0.2, -0.15) is 0 Å². The molecule has 2 aromatic rings. The summed E-state index contributed by atoms with van der Waals surface area (Å²) in [6.45, 7) is 3.24. The normalized spacial score (nSPS) is 22.6. The third-order valence-electron chi connectivity index (χ3n) is 3.76. The Morgan fingerprint density at radius 3 is 3.10 bits per heavy atom. The Kier molecular flexibility index (Phi) is 4.31. The number of thiazole rings is 1. The first kappa shape index (κ1) is 13.9. The van der Waals surface area contributed by atoms with Crippen LogP contribution in [0.25, 0.3) is 10.2 Å². The lowest BCUT2D eigenvalue weighted by Gasteiger charge is -2.21. The third-order valence-corrected chi connectivity index (χ3v) is 4.85. The summed E-state index contributed by atoms with van der Waals surface area (Å²) in [5, 5.41) is 17.9. The summed E-state index contributed by atoms with van der Waals surface area (Å²) in [7, 11) is 0. The molecule has 1 aromatic heterocycles. The summed E-state index contributed by atoms with van der Waals surface area (Å²) in [5.74, 6) is 0. The molecule has 1 aliphatic heterocycles. The highest BCUT2D eigenvalue weighted by Gasteiger charge is 2.30. The van der Waals surface area contributed by atoms with E-state index in [-0.39, 0.29) is 0 Å². The third kappa shape index (κ3) is 3.35. The number of aromatic nitrogens is 1. The highest BCUT2D eigenvalue weighted by molar-refractivity contribution is 7.18. The number of rotatable bonds is 6. The molecule has 0 radical (unpaired) electrons. The van der Waals surface area contributed by atoms with Gasteiger partial charge in [0.15, 0.2) is 0 Å². The van der Waals surface area contributed by atoms with E-state index in [1.54, 1.807) is 11.3 Å². The quantitative estimate of drug-likeness (QED) is 0.707. The predicted molar refractivity (Wildman–Crippen MR) is 83.2 cm³/mol. The molecule has 1 fully saturated rings. The Hall–Kier alpha value is -1.01. The average molecular weight is 291 g/mol. The molecule has 2 heterocycles. The maximum absolute atomic E-state index is 10.2. The molecule has 0 bridgehead atoms. The van der Waals surface area contributed by atoms with Gasteiger partial charge >= 0.3 is 0 Å². The molecular weight excluding hydrogens is 270 g/mol. The second-order valence-corrected chi connectivity index (χ2v) is 6.62. The molecule has 108 valence electrons. The van der Waals surface area contributed by atoms with Crippen molar-refractivity contribution < 1.29 is 5.11 Å². The number of aryl methyl sites for hydroxylation is 1. The van der Waals surface area contributed by atoms with Crippen LogP contribution in [0.3, 0.4) is 0 Å². The number of benzene rings is 1. The van der Waals surface area contributed by atoms with E-state index < -0.39 is 5.60 Å². The Balaban J connectivity index is 1.41. The summed E-state index contributed by atoms with van der Waals surface area (Å²) in [4.78, 5) is 4.63. The van der Waals surface area contributed by atoms with Crippen LogP contribution in [-0.4, -0.2) is 41.9 Å². The molecule has 0 saturated carbocycles. The van der Waals surface area contributed by atoms with Crippen molar-refractivity contribution >= 4 is 21.6 Å². The van der Waals surface area contributed by atoms with Crippen LogP contribution in [0.4, 0.5) is 0 Å². The first-order valence-corrected chi connectivity index (χ1v) is 8.05. The van der Waals surface area contributed by atoms with E-state index in [0.29, 0.717) is 13.1 Å². The first-order valence-electron chi connectivity index (χ1n) is 7.23. The minimum atomic E-state index is -0.546. The van der Waals surface area contributed by atoms with Crippen molar-refractivity contribution in [3.05, 3.63) is 29.3 Å². The van der Waals surface area contributed by atoms with Gasteiger partial charge in [0, 0.05) is 19.5 Å². The monoisotopic (exact) mass is 291 g/mol. The number of nitrogens with one attached hydrogen (secondary N) is 2. The van der Waals surface area contributed by atoms with Gasteiger partial charge < -0.3 is 15.7 Å². The zero-order valence-electron chi connectivity index (χ0n) is 11.6. The van der Waals surface area contributed by atoms with Crippen molar-refractivity contribution in [2.24, 2.45) is 0 Å². The first-order chi connectivity index (χ1) is 9.75. The van der Waals surface area contributed by atoms with Crippen molar-refractivity contribution in [2.75, 3.05) is 26.2 Å². The van der Waals surface area contributed by atoms with E-state index >= 15 is 0 Å². The van der Waals surface area contributed by atoms with E-state index in [1.165, 1.54) is 9.71 Å². The van der Waals surface area contributed by atoms with Crippen molar-refractivity contribution in [1.82, 2.24) is 15.6 Å². The van der Waals surface area contributed by atoms with Gasteiger partial charge in [0.05, 0.1) is 20.8 Å². The van der Waals surface area contributed by atoms with Gasteiger partial charge in [-0.15, -0.1) is 11.3 Å². The molecule has 20 heavy (non-hydrogen) atoms. The minimum Gasteiger partial charge on any atom is -0.387 e. The number of aliphatic hydroxyl groups is 1. The van der Waals surface area contributed by atoms with Crippen LogP contribution in [0, 0.1) is 0 Å². The molecule has 4 nitrogen and oxygen atoms in total. The fraction of sp³-hybridized carbons (Fsp3) is 0.533. The molecule has 1 atom stereocenters. The Labute approximate surface area is 123 Å². The van der Waals surface area contributed by atoms with Crippen LogP contribution < -0.4 is 10.6 Å². The van der Waals surface area contributed by atoms with Crippen LogP contribution >= 0.6 is 11.3 Å². The molecule has 3 N–H and O–H groups in total. The summed E-state index contributed by atoms with van der Waals surface area (Å²) >= 11 is 1.78. The number of fused-ring (bicyclic) bond motifs is 1. The van der Waals surface area contributed by atoms with Crippen LogP contribution in [0.1, 0.15) is 17.8 Å². The number of hydrogen-bond donors (Lipinski definition) is 3. The largest absolute Gasteiger partial charge is 0.387 e. The molecule has 5 heteroatoms. The smallest absolute Gasteiger partial charge is 0.0939 e. The second-order valence-electron chi connectivity index (χ2n) is 5.51. The van der Waals surface area contributed by atoms with Crippen molar-refractivity contribution in [3.8, 4) is 0 Å². The molecule has 1 aliphatic rings. The lowest BCUT2D eigenvalue weighted by molar-refractivity contribution is 0.0613. The standard InChI is InChI=1S/C15H21N3OS/c19-15(7-9-17-11-15)10-16-8-3-6-14-18-12-4-1-2-5-13(12)20-14/h1-2,4-5,16-17,19H,3,6-11H2. The molecule has 1 unspecified atom stereocenters. The number of β-amino-alcohol motifs (C(OH)–C–C–N with tert-alkyl or cyclic N) is 1. The molecule has 0 aliphatic carbocycles. The Morgan fingerprint density at radius 1 is 1.40 bits per heavy atom. The Morgan fingerprint density at radius 2 is 2.30 bits per heavy atom. The van der Waals surface area contributed by atoms with E-state index in [4.69, 9.17) is 0 Å². The van der Waals surface area contributed by atoms with Crippen LogP contribution in [0.2, 0.25) is 0 Å². The topological polar surface area (TPSA) is 57.2 Å². The van der Waals surface area contributed by atoms with Gasteiger partial charge in [-0.25, -0.2) is 4.98 Å². The molecule has 0 amide bonds. The average Bonchev–Trinajstić information content (AvgIpc) is 3.04. The van der Waals surface area contributed by atoms with Crippen LogP contribution in [-0.2, 0) is 6.42 Å². The number of para-hydroxylation sites is 1. The van der Waals surface area contributed by atoms with Crippen LogP contribution in [0.15, 0.2) is 24.3 Å². The SMILES string of the molecule is OC1(CNCCCc2nc3ccccc3s2)CCNC1. The Bertz CT molecular complexity index is 530.